The van der Waals surface area contributed by atoms with Gasteiger partial charge in [0.25, 0.3) is 0 Å². The lowest BCUT2D eigenvalue weighted by Gasteiger charge is -2.00. The van der Waals surface area contributed by atoms with Crippen molar-refractivity contribution >= 4 is 17.7 Å². The fourth-order valence-electron chi connectivity index (χ4n) is 1.65. The fraction of sp³-hybridized carbons (Fsp3) is 0.286. The molecular formula is C14H17N5O3. The summed E-state index contributed by atoms with van der Waals surface area (Å²) in [4.78, 5) is 22.0. The standard InChI is InChI=1S/C7H10N4O.C7H7NO2/c1-12-7-10-5(4-2-3-4)9-6(8)11-7;9-7(10)8-6-4-2-1-3-5-6/h4H,2-3H2,1H3,(H2,8,9,10,11);1-5,8H,(H,9,10). The van der Waals surface area contributed by atoms with Crippen LogP contribution in [0.1, 0.15) is 24.6 Å². The molecule has 22 heavy (non-hydrogen) atoms. The number of aromatic nitrogens is 3. The van der Waals surface area contributed by atoms with Crippen molar-refractivity contribution < 1.29 is 14.6 Å². The summed E-state index contributed by atoms with van der Waals surface area (Å²) in [5.74, 6) is 1.48. The van der Waals surface area contributed by atoms with Crippen molar-refractivity contribution in [2.75, 3.05) is 18.2 Å². The lowest BCUT2D eigenvalue weighted by Crippen LogP contribution is -2.06. The van der Waals surface area contributed by atoms with Crippen molar-refractivity contribution in [1.29, 1.82) is 0 Å². The molecule has 0 saturated heterocycles. The van der Waals surface area contributed by atoms with E-state index >= 15 is 0 Å². The number of para-hydroxylation sites is 1. The second kappa shape index (κ2) is 7.21. The third-order valence-corrected chi connectivity index (χ3v) is 2.80. The maximum absolute atomic E-state index is 10.1. The Hall–Kier alpha value is -2.90. The zero-order valence-electron chi connectivity index (χ0n) is 12.1. The van der Waals surface area contributed by atoms with Crippen LogP contribution < -0.4 is 15.8 Å². The largest absolute Gasteiger partial charge is 0.467 e. The Labute approximate surface area is 127 Å². The highest BCUT2D eigenvalue weighted by Crippen LogP contribution is 2.38. The molecule has 1 aliphatic carbocycles. The van der Waals surface area contributed by atoms with Crippen molar-refractivity contribution in [2.45, 2.75) is 18.8 Å². The van der Waals surface area contributed by atoms with Crippen LogP contribution in [0.2, 0.25) is 0 Å². The summed E-state index contributed by atoms with van der Waals surface area (Å²) in [6, 6.07) is 9.05. The molecule has 116 valence electrons. The minimum absolute atomic E-state index is 0.240. The molecule has 1 amide bonds. The molecule has 1 heterocycles. The zero-order chi connectivity index (χ0) is 15.9. The van der Waals surface area contributed by atoms with Gasteiger partial charge in [0.2, 0.25) is 5.95 Å². The second-order valence-corrected chi connectivity index (χ2v) is 4.61. The van der Waals surface area contributed by atoms with Gasteiger partial charge in [0, 0.05) is 11.6 Å². The number of carboxylic acid groups (broad SMARTS) is 1. The van der Waals surface area contributed by atoms with E-state index in [4.69, 9.17) is 15.6 Å². The molecule has 0 bridgehead atoms. The molecule has 1 saturated carbocycles. The first-order valence-corrected chi connectivity index (χ1v) is 6.69. The van der Waals surface area contributed by atoms with E-state index in [0.717, 1.165) is 18.7 Å². The summed E-state index contributed by atoms with van der Waals surface area (Å²) in [5, 5.41) is 10.5. The third kappa shape index (κ3) is 4.89. The number of carbonyl (C=O) groups is 1. The van der Waals surface area contributed by atoms with Gasteiger partial charge in [-0.15, -0.1) is 0 Å². The monoisotopic (exact) mass is 303 g/mol. The van der Waals surface area contributed by atoms with E-state index in [-0.39, 0.29) is 5.95 Å². The highest BCUT2D eigenvalue weighted by Gasteiger charge is 2.27. The predicted octanol–water partition coefficient (Wildman–Crippen LogP) is 2.12. The predicted molar refractivity (Wildman–Crippen MR) is 80.9 cm³/mol. The van der Waals surface area contributed by atoms with Gasteiger partial charge >= 0.3 is 12.1 Å². The lowest BCUT2D eigenvalue weighted by molar-refractivity contribution is 0.210. The highest BCUT2D eigenvalue weighted by molar-refractivity contribution is 5.82. The smallest absolute Gasteiger partial charge is 0.409 e. The lowest BCUT2D eigenvalue weighted by atomic mass is 10.3. The molecule has 3 rings (SSSR count). The quantitative estimate of drug-likeness (QED) is 0.793. The Morgan fingerprint density at radius 1 is 1.27 bits per heavy atom. The van der Waals surface area contributed by atoms with Crippen LogP contribution in [0.15, 0.2) is 30.3 Å². The number of hydrogen-bond donors (Lipinski definition) is 3. The van der Waals surface area contributed by atoms with E-state index in [1.165, 1.54) is 7.11 Å². The SMILES string of the molecule is COc1nc(N)nc(C2CC2)n1.O=C(O)Nc1ccccc1. The van der Waals surface area contributed by atoms with Gasteiger partial charge in [0.1, 0.15) is 5.82 Å². The Morgan fingerprint density at radius 3 is 2.50 bits per heavy atom. The van der Waals surface area contributed by atoms with Gasteiger partial charge < -0.3 is 15.6 Å². The Kier molecular flexibility index (Phi) is 5.07. The van der Waals surface area contributed by atoms with Crippen LogP contribution in [0.4, 0.5) is 16.4 Å². The molecule has 0 spiro atoms. The Balaban J connectivity index is 0.000000164. The molecule has 1 aliphatic rings. The number of nitrogen functional groups attached to an aromatic ring is 1. The van der Waals surface area contributed by atoms with Gasteiger partial charge in [-0.05, 0) is 25.0 Å². The van der Waals surface area contributed by atoms with Crippen molar-refractivity contribution in [3.8, 4) is 6.01 Å². The zero-order valence-corrected chi connectivity index (χ0v) is 12.1. The molecule has 0 atom stereocenters. The summed E-state index contributed by atoms with van der Waals surface area (Å²) in [6.07, 6.45) is 1.25. The van der Waals surface area contributed by atoms with E-state index in [2.05, 4.69) is 20.3 Å². The molecule has 4 N–H and O–H groups in total. The molecule has 1 aromatic heterocycles. The molecule has 8 nitrogen and oxygen atoms in total. The minimum Gasteiger partial charge on any atom is -0.467 e. The van der Waals surface area contributed by atoms with Crippen LogP contribution >= 0.6 is 0 Å². The molecule has 1 fully saturated rings. The number of nitrogens with zero attached hydrogens (tertiary/aromatic N) is 3. The molecule has 0 radical (unpaired) electrons. The first kappa shape index (κ1) is 15.5. The number of anilines is 2. The first-order valence-electron chi connectivity index (χ1n) is 6.69. The van der Waals surface area contributed by atoms with Crippen LogP contribution in [0, 0.1) is 0 Å². The fourth-order valence-corrected chi connectivity index (χ4v) is 1.65. The van der Waals surface area contributed by atoms with E-state index in [1.54, 1.807) is 24.3 Å². The summed E-state index contributed by atoms with van der Waals surface area (Å²) < 4.78 is 4.87. The minimum atomic E-state index is -1.04. The van der Waals surface area contributed by atoms with Crippen molar-refractivity contribution in [3.63, 3.8) is 0 Å². The van der Waals surface area contributed by atoms with E-state index < -0.39 is 6.09 Å². The second-order valence-electron chi connectivity index (χ2n) is 4.61. The third-order valence-electron chi connectivity index (χ3n) is 2.80. The maximum Gasteiger partial charge on any atom is 0.409 e. The van der Waals surface area contributed by atoms with E-state index in [1.807, 2.05) is 6.07 Å². The van der Waals surface area contributed by atoms with Crippen molar-refractivity contribution in [2.24, 2.45) is 0 Å². The average Bonchev–Trinajstić information content (AvgIpc) is 3.32. The van der Waals surface area contributed by atoms with E-state index in [0.29, 0.717) is 17.6 Å². The summed E-state index contributed by atoms with van der Waals surface area (Å²) in [5.41, 5.74) is 6.05. The number of ether oxygens (including phenoxy) is 1. The summed E-state index contributed by atoms with van der Waals surface area (Å²) in [7, 11) is 1.52. The maximum atomic E-state index is 10.1. The first-order chi connectivity index (χ1) is 10.6. The highest BCUT2D eigenvalue weighted by atomic mass is 16.5. The van der Waals surface area contributed by atoms with Crippen molar-refractivity contribution in [1.82, 2.24) is 15.0 Å². The van der Waals surface area contributed by atoms with Crippen LogP contribution in [0.5, 0.6) is 6.01 Å². The normalized spacial score (nSPS) is 12.8. The van der Waals surface area contributed by atoms with Crippen LogP contribution in [0.3, 0.4) is 0 Å². The average molecular weight is 303 g/mol. The number of methoxy groups -OCH3 is 1. The van der Waals surface area contributed by atoms with Crippen LogP contribution in [-0.2, 0) is 0 Å². The number of benzene rings is 1. The number of hydrogen-bond acceptors (Lipinski definition) is 6. The van der Waals surface area contributed by atoms with Gasteiger partial charge in [0.05, 0.1) is 7.11 Å². The molecule has 8 heteroatoms. The topological polar surface area (TPSA) is 123 Å². The van der Waals surface area contributed by atoms with Crippen molar-refractivity contribution in [3.05, 3.63) is 36.2 Å². The number of amides is 1. The van der Waals surface area contributed by atoms with Crippen LogP contribution in [-0.4, -0.2) is 33.3 Å². The van der Waals surface area contributed by atoms with E-state index in [9.17, 15) is 4.79 Å². The van der Waals surface area contributed by atoms with Gasteiger partial charge in [-0.25, -0.2) is 4.79 Å². The van der Waals surface area contributed by atoms with Gasteiger partial charge in [0.15, 0.2) is 0 Å². The molecule has 2 aromatic rings. The molecule has 1 aromatic carbocycles. The van der Waals surface area contributed by atoms with Crippen LogP contribution in [0.25, 0.3) is 0 Å². The number of rotatable bonds is 3. The Morgan fingerprint density at radius 2 is 1.95 bits per heavy atom. The van der Waals surface area contributed by atoms with Gasteiger partial charge in [-0.1, -0.05) is 18.2 Å². The summed E-state index contributed by atoms with van der Waals surface area (Å²) in [6.45, 7) is 0. The summed E-state index contributed by atoms with van der Waals surface area (Å²) >= 11 is 0. The molecule has 0 aliphatic heterocycles. The van der Waals surface area contributed by atoms with Gasteiger partial charge in [-0.2, -0.15) is 15.0 Å². The number of nitrogens with two attached hydrogens (primary N) is 1. The Bertz CT molecular complexity index is 632. The molecule has 0 unspecified atom stereocenters. The van der Waals surface area contributed by atoms with Gasteiger partial charge in [-0.3, -0.25) is 5.32 Å². The number of nitrogens with one attached hydrogen (secondary N) is 1. The molecular weight excluding hydrogens is 286 g/mol.